The van der Waals surface area contributed by atoms with E-state index in [-0.39, 0.29) is 11.6 Å². The number of benzene rings is 2. The van der Waals surface area contributed by atoms with E-state index in [1.807, 2.05) is 0 Å². The molecule has 3 aromatic rings. The topological polar surface area (TPSA) is 109 Å². The van der Waals surface area contributed by atoms with E-state index < -0.39 is 4.92 Å². The number of carbonyl (C=O) groups is 1. The maximum atomic E-state index is 12.5. The van der Waals surface area contributed by atoms with Gasteiger partial charge < -0.3 is 14.8 Å². The molecule has 1 heterocycles. The van der Waals surface area contributed by atoms with Gasteiger partial charge in [0.05, 0.1) is 30.5 Å². The fourth-order valence-corrected chi connectivity index (χ4v) is 2.80. The third-order valence-corrected chi connectivity index (χ3v) is 4.24. The first-order chi connectivity index (χ1) is 14.4. The molecular formula is C21H20N4O5. The first-order valence-electron chi connectivity index (χ1n) is 8.94. The number of hydrogen-bond acceptors (Lipinski definition) is 6. The minimum Gasteiger partial charge on any atom is -0.497 e. The van der Waals surface area contributed by atoms with E-state index in [0.717, 1.165) is 0 Å². The molecule has 0 saturated heterocycles. The molecule has 0 bridgehead atoms. The molecule has 0 aliphatic rings. The minimum atomic E-state index is -0.474. The molecule has 0 aliphatic carbocycles. The highest BCUT2D eigenvalue weighted by Gasteiger charge is 2.12. The number of carbonyl (C=O) groups excluding carboxylic acids is 1. The highest BCUT2D eigenvalue weighted by molar-refractivity contribution is 6.01. The predicted molar refractivity (Wildman–Crippen MR) is 112 cm³/mol. The van der Waals surface area contributed by atoms with Crippen LogP contribution < -0.4 is 14.8 Å². The van der Waals surface area contributed by atoms with Gasteiger partial charge in [0, 0.05) is 29.8 Å². The second kappa shape index (κ2) is 8.91. The zero-order valence-corrected chi connectivity index (χ0v) is 16.7. The van der Waals surface area contributed by atoms with Crippen LogP contribution in [0.15, 0.2) is 54.6 Å². The minimum absolute atomic E-state index is 0.0246. The normalized spacial score (nSPS) is 10.8. The van der Waals surface area contributed by atoms with E-state index in [9.17, 15) is 14.9 Å². The van der Waals surface area contributed by atoms with Gasteiger partial charge in [-0.15, -0.1) is 0 Å². The third-order valence-electron chi connectivity index (χ3n) is 4.24. The molecule has 0 saturated carbocycles. The summed E-state index contributed by atoms with van der Waals surface area (Å²) in [6.45, 7) is 1.79. The Balaban J connectivity index is 1.81. The number of nitrogens with one attached hydrogen (secondary N) is 1. The third kappa shape index (κ3) is 4.64. The van der Waals surface area contributed by atoms with Crippen molar-refractivity contribution < 1.29 is 19.2 Å². The number of aromatic nitrogens is 2. The van der Waals surface area contributed by atoms with Crippen LogP contribution in [-0.4, -0.2) is 34.8 Å². The van der Waals surface area contributed by atoms with Crippen molar-refractivity contribution in [1.29, 1.82) is 0 Å². The molecule has 0 atom stereocenters. The summed E-state index contributed by atoms with van der Waals surface area (Å²) in [5, 5.41) is 18.0. The van der Waals surface area contributed by atoms with Crippen LogP contribution in [0.4, 0.5) is 11.5 Å². The van der Waals surface area contributed by atoms with E-state index in [1.165, 1.54) is 22.9 Å². The second-order valence-corrected chi connectivity index (χ2v) is 6.29. The quantitative estimate of drug-likeness (QED) is 0.362. The molecule has 0 aliphatic heterocycles. The van der Waals surface area contributed by atoms with Crippen LogP contribution in [0.3, 0.4) is 0 Å². The number of aryl methyl sites for hydroxylation is 1. The molecule has 1 amide bonds. The van der Waals surface area contributed by atoms with Gasteiger partial charge in [-0.25, -0.2) is 4.68 Å². The summed E-state index contributed by atoms with van der Waals surface area (Å²) in [5.41, 5.74) is 1.93. The number of nitrogens with zero attached hydrogens (tertiary/aromatic N) is 3. The number of ether oxygens (including phenoxy) is 2. The summed E-state index contributed by atoms with van der Waals surface area (Å²) < 4.78 is 12.0. The average Bonchev–Trinajstić information content (AvgIpc) is 3.11. The zero-order valence-electron chi connectivity index (χ0n) is 16.7. The highest BCUT2D eigenvalue weighted by atomic mass is 16.6. The number of nitro groups is 1. The number of non-ortho nitro benzene ring substituents is 1. The Hall–Kier alpha value is -4.14. The molecule has 9 nitrogen and oxygen atoms in total. The van der Waals surface area contributed by atoms with E-state index in [4.69, 9.17) is 9.47 Å². The van der Waals surface area contributed by atoms with Gasteiger partial charge in [-0.2, -0.15) is 5.10 Å². The predicted octanol–water partition coefficient (Wildman–Crippen LogP) is 3.76. The van der Waals surface area contributed by atoms with Crippen molar-refractivity contribution in [3.63, 3.8) is 0 Å². The lowest BCUT2D eigenvalue weighted by molar-refractivity contribution is -0.384. The molecule has 3 rings (SSSR count). The van der Waals surface area contributed by atoms with Crippen molar-refractivity contribution in [3.05, 3.63) is 76.0 Å². The molecule has 9 heteroatoms. The Morgan fingerprint density at radius 3 is 2.50 bits per heavy atom. The van der Waals surface area contributed by atoms with Gasteiger partial charge in [0.2, 0.25) is 5.91 Å². The molecule has 30 heavy (non-hydrogen) atoms. The Morgan fingerprint density at radius 1 is 1.13 bits per heavy atom. The fourth-order valence-electron chi connectivity index (χ4n) is 2.80. The Morgan fingerprint density at radius 2 is 1.87 bits per heavy atom. The van der Waals surface area contributed by atoms with Gasteiger partial charge >= 0.3 is 0 Å². The van der Waals surface area contributed by atoms with Gasteiger partial charge in [-0.05, 0) is 43.3 Å². The molecule has 154 valence electrons. The zero-order chi connectivity index (χ0) is 21.7. The number of amides is 1. The van der Waals surface area contributed by atoms with Crippen molar-refractivity contribution in [2.75, 3.05) is 19.5 Å². The Labute approximate surface area is 172 Å². The Bertz CT molecular complexity index is 1100. The first-order valence-corrected chi connectivity index (χ1v) is 8.94. The lowest BCUT2D eigenvalue weighted by Crippen LogP contribution is -2.12. The van der Waals surface area contributed by atoms with Crippen LogP contribution in [-0.2, 0) is 4.79 Å². The number of nitro benzene ring substituents is 1. The number of methoxy groups -OCH3 is 2. The van der Waals surface area contributed by atoms with Gasteiger partial charge in [0.25, 0.3) is 5.69 Å². The SMILES string of the molecule is COc1ccc(OC)c(/C=C/C(=O)Nc2cc(C)nn2-c2ccc([N+](=O)[O-])cc2)c1. The lowest BCUT2D eigenvalue weighted by atomic mass is 10.1. The average molecular weight is 408 g/mol. The van der Waals surface area contributed by atoms with Crippen LogP contribution in [0.5, 0.6) is 11.5 Å². The van der Waals surface area contributed by atoms with E-state index in [2.05, 4.69) is 10.4 Å². The van der Waals surface area contributed by atoms with Crippen molar-refractivity contribution in [1.82, 2.24) is 9.78 Å². The monoisotopic (exact) mass is 408 g/mol. The van der Waals surface area contributed by atoms with Crippen molar-refractivity contribution in [2.45, 2.75) is 6.92 Å². The number of hydrogen-bond donors (Lipinski definition) is 1. The molecule has 2 aromatic carbocycles. The van der Waals surface area contributed by atoms with Crippen molar-refractivity contribution in [2.24, 2.45) is 0 Å². The molecular weight excluding hydrogens is 388 g/mol. The van der Waals surface area contributed by atoms with Gasteiger partial charge in [0.1, 0.15) is 17.3 Å². The molecule has 0 fully saturated rings. The smallest absolute Gasteiger partial charge is 0.269 e. The molecule has 0 unspecified atom stereocenters. The van der Waals surface area contributed by atoms with E-state index in [1.54, 1.807) is 63.6 Å². The summed E-state index contributed by atoms with van der Waals surface area (Å²) >= 11 is 0. The van der Waals surface area contributed by atoms with Crippen LogP contribution >= 0.6 is 0 Å². The van der Waals surface area contributed by atoms with Crippen molar-refractivity contribution >= 4 is 23.5 Å². The van der Waals surface area contributed by atoms with Crippen LogP contribution in [0.2, 0.25) is 0 Å². The largest absolute Gasteiger partial charge is 0.497 e. The maximum absolute atomic E-state index is 12.5. The van der Waals surface area contributed by atoms with Crippen LogP contribution in [0.25, 0.3) is 11.8 Å². The maximum Gasteiger partial charge on any atom is 0.269 e. The van der Waals surface area contributed by atoms with E-state index in [0.29, 0.717) is 34.3 Å². The molecule has 1 N–H and O–H groups in total. The highest BCUT2D eigenvalue weighted by Crippen LogP contribution is 2.25. The first kappa shape index (κ1) is 20.6. The molecule has 1 aromatic heterocycles. The summed E-state index contributed by atoms with van der Waals surface area (Å²) in [5.74, 6) is 1.31. The van der Waals surface area contributed by atoms with Crippen LogP contribution in [0, 0.1) is 17.0 Å². The second-order valence-electron chi connectivity index (χ2n) is 6.29. The summed E-state index contributed by atoms with van der Waals surface area (Å²) in [4.78, 5) is 22.8. The molecule has 0 spiro atoms. The van der Waals surface area contributed by atoms with Crippen molar-refractivity contribution in [3.8, 4) is 17.2 Å². The van der Waals surface area contributed by atoms with Gasteiger partial charge in [0.15, 0.2) is 0 Å². The lowest BCUT2D eigenvalue weighted by Gasteiger charge is -2.08. The van der Waals surface area contributed by atoms with Gasteiger partial charge in [-0.3, -0.25) is 14.9 Å². The summed E-state index contributed by atoms with van der Waals surface area (Å²) in [6.07, 6.45) is 3.00. The fraction of sp³-hybridized carbons (Fsp3) is 0.143. The molecule has 0 radical (unpaired) electrons. The van der Waals surface area contributed by atoms with Crippen LogP contribution in [0.1, 0.15) is 11.3 Å². The summed E-state index contributed by atoms with van der Waals surface area (Å²) in [6, 6.07) is 12.9. The number of rotatable bonds is 7. The summed E-state index contributed by atoms with van der Waals surface area (Å²) in [7, 11) is 3.11. The van der Waals surface area contributed by atoms with E-state index >= 15 is 0 Å². The van der Waals surface area contributed by atoms with Gasteiger partial charge in [-0.1, -0.05) is 0 Å². The standard InChI is InChI=1S/C21H20N4O5/c1-14-12-20(24(23-14)16-5-7-17(8-6-16)25(27)28)22-21(26)11-4-15-13-18(29-2)9-10-19(15)30-3/h4-13H,1-3H3,(H,22,26)/b11-4+. The number of anilines is 1. The Kier molecular flexibility index (Phi) is 6.11.